The van der Waals surface area contributed by atoms with Gasteiger partial charge in [-0.3, -0.25) is 0 Å². The molecule has 0 aromatic heterocycles. The summed E-state index contributed by atoms with van der Waals surface area (Å²) < 4.78 is 5.81. The van der Waals surface area contributed by atoms with E-state index < -0.39 is 0 Å². The van der Waals surface area contributed by atoms with E-state index in [0.717, 1.165) is 25.8 Å². The number of hydrogen-bond donors (Lipinski definition) is 1. The minimum Gasteiger partial charge on any atom is -0.381 e. The van der Waals surface area contributed by atoms with Gasteiger partial charge < -0.3 is 15.0 Å². The predicted molar refractivity (Wildman–Crippen MR) is 80.5 cm³/mol. The molecule has 0 aromatic carbocycles. The molecule has 1 N–H and O–H groups in total. The lowest BCUT2D eigenvalue weighted by molar-refractivity contribution is -0.0287. The highest BCUT2D eigenvalue weighted by atomic mass is 16.5. The summed E-state index contributed by atoms with van der Waals surface area (Å²) in [5, 5.41) is 3.65. The van der Waals surface area contributed by atoms with E-state index in [1.807, 2.05) is 0 Å². The molecule has 19 heavy (non-hydrogen) atoms. The Morgan fingerprint density at radius 3 is 2.58 bits per heavy atom. The van der Waals surface area contributed by atoms with Crippen molar-refractivity contribution in [1.82, 2.24) is 10.2 Å². The Morgan fingerprint density at radius 1 is 1.26 bits per heavy atom. The molecule has 0 aromatic rings. The summed E-state index contributed by atoms with van der Waals surface area (Å²) in [6, 6.07) is 1.38. The molecule has 1 saturated heterocycles. The second-order valence-electron chi connectivity index (χ2n) is 7.05. The van der Waals surface area contributed by atoms with Crippen LogP contribution in [0.5, 0.6) is 0 Å². The second-order valence-corrected chi connectivity index (χ2v) is 7.05. The van der Waals surface area contributed by atoms with Gasteiger partial charge in [0.1, 0.15) is 0 Å². The molecule has 1 saturated carbocycles. The van der Waals surface area contributed by atoms with Crippen LogP contribution in [0, 0.1) is 5.41 Å². The van der Waals surface area contributed by atoms with Gasteiger partial charge in [0.25, 0.3) is 0 Å². The zero-order valence-corrected chi connectivity index (χ0v) is 13.1. The first-order valence-corrected chi connectivity index (χ1v) is 8.13. The van der Waals surface area contributed by atoms with E-state index in [4.69, 9.17) is 4.74 Å². The van der Waals surface area contributed by atoms with Gasteiger partial charge in [-0.2, -0.15) is 0 Å². The van der Waals surface area contributed by atoms with Crippen molar-refractivity contribution in [1.29, 1.82) is 0 Å². The maximum atomic E-state index is 5.81. The average molecular weight is 268 g/mol. The number of nitrogens with zero attached hydrogens (tertiary/aromatic N) is 1. The predicted octanol–water partition coefficient (Wildman–Crippen LogP) is 2.66. The van der Waals surface area contributed by atoms with E-state index in [9.17, 15) is 0 Å². The quantitative estimate of drug-likeness (QED) is 0.801. The van der Waals surface area contributed by atoms with E-state index in [-0.39, 0.29) is 0 Å². The first-order valence-electron chi connectivity index (χ1n) is 8.13. The Hall–Kier alpha value is -0.120. The van der Waals surface area contributed by atoms with Gasteiger partial charge in [0, 0.05) is 37.2 Å². The molecule has 3 heteroatoms. The number of ether oxygens (including phenoxy) is 1. The summed E-state index contributed by atoms with van der Waals surface area (Å²) in [7, 11) is 2.32. The highest BCUT2D eigenvalue weighted by Gasteiger charge is 2.35. The SMILES string of the molecule is CC(C)NCC1(CN(C)C2CCCC2)CCCOC1. The summed E-state index contributed by atoms with van der Waals surface area (Å²) in [6.45, 7) is 8.65. The zero-order valence-electron chi connectivity index (χ0n) is 13.1. The maximum absolute atomic E-state index is 5.81. The summed E-state index contributed by atoms with van der Waals surface area (Å²) in [5.41, 5.74) is 0.333. The zero-order chi connectivity index (χ0) is 13.7. The molecule has 1 aliphatic carbocycles. The standard InChI is InChI=1S/C16H32N2O/c1-14(2)17-11-16(9-6-10-19-13-16)12-18(3)15-7-4-5-8-15/h14-15,17H,4-13H2,1-3H3. The molecular weight excluding hydrogens is 236 g/mol. The third kappa shape index (κ3) is 4.44. The fourth-order valence-electron chi connectivity index (χ4n) is 3.65. The van der Waals surface area contributed by atoms with Crippen molar-refractivity contribution < 1.29 is 4.74 Å². The average Bonchev–Trinajstić information content (AvgIpc) is 2.92. The summed E-state index contributed by atoms with van der Waals surface area (Å²) >= 11 is 0. The van der Waals surface area contributed by atoms with E-state index in [1.54, 1.807) is 0 Å². The van der Waals surface area contributed by atoms with Crippen molar-refractivity contribution in [3.63, 3.8) is 0 Å². The largest absolute Gasteiger partial charge is 0.381 e. The molecule has 0 spiro atoms. The summed E-state index contributed by atoms with van der Waals surface area (Å²) in [5.74, 6) is 0. The van der Waals surface area contributed by atoms with Gasteiger partial charge >= 0.3 is 0 Å². The third-order valence-electron chi connectivity index (χ3n) is 4.82. The van der Waals surface area contributed by atoms with Crippen LogP contribution in [0.15, 0.2) is 0 Å². The Kier molecular flexibility index (Phi) is 5.67. The van der Waals surface area contributed by atoms with Crippen molar-refractivity contribution in [3.05, 3.63) is 0 Å². The Bertz CT molecular complexity index is 255. The van der Waals surface area contributed by atoms with Gasteiger partial charge in [0.15, 0.2) is 0 Å². The van der Waals surface area contributed by atoms with Crippen LogP contribution in [0.1, 0.15) is 52.4 Å². The summed E-state index contributed by atoms with van der Waals surface area (Å²) in [6.07, 6.45) is 8.16. The molecule has 3 nitrogen and oxygen atoms in total. The van der Waals surface area contributed by atoms with Gasteiger partial charge in [-0.25, -0.2) is 0 Å². The van der Waals surface area contributed by atoms with Crippen LogP contribution < -0.4 is 5.32 Å². The van der Waals surface area contributed by atoms with Crippen LogP contribution in [0.25, 0.3) is 0 Å². The van der Waals surface area contributed by atoms with Crippen LogP contribution in [0.3, 0.4) is 0 Å². The van der Waals surface area contributed by atoms with Crippen LogP contribution in [0.4, 0.5) is 0 Å². The number of hydrogen-bond acceptors (Lipinski definition) is 3. The molecule has 2 aliphatic rings. The lowest BCUT2D eigenvalue weighted by atomic mass is 9.81. The first kappa shape index (κ1) is 15.3. The van der Waals surface area contributed by atoms with Gasteiger partial charge in [-0.05, 0) is 32.7 Å². The van der Waals surface area contributed by atoms with Crippen LogP contribution in [-0.4, -0.2) is 50.3 Å². The van der Waals surface area contributed by atoms with Crippen molar-refractivity contribution in [2.45, 2.75) is 64.5 Å². The molecule has 0 bridgehead atoms. The van der Waals surface area contributed by atoms with E-state index in [0.29, 0.717) is 11.5 Å². The number of rotatable bonds is 6. The van der Waals surface area contributed by atoms with Crippen molar-refractivity contribution >= 4 is 0 Å². The Morgan fingerprint density at radius 2 is 2.00 bits per heavy atom. The molecular formula is C16H32N2O. The molecule has 1 atom stereocenters. The molecule has 1 heterocycles. The molecule has 0 amide bonds. The van der Waals surface area contributed by atoms with Gasteiger partial charge in [0.2, 0.25) is 0 Å². The third-order valence-corrected chi connectivity index (χ3v) is 4.82. The van der Waals surface area contributed by atoms with Crippen molar-refractivity contribution in [3.8, 4) is 0 Å². The van der Waals surface area contributed by atoms with E-state index >= 15 is 0 Å². The van der Waals surface area contributed by atoms with Gasteiger partial charge in [-0.15, -0.1) is 0 Å². The maximum Gasteiger partial charge on any atom is 0.0546 e. The van der Waals surface area contributed by atoms with Crippen LogP contribution >= 0.6 is 0 Å². The lowest BCUT2D eigenvalue weighted by Gasteiger charge is -2.42. The molecule has 2 fully saturated rings. The minimum atomic E-state index is 0.333. The molecule has 2 rings (SSSR count). The fourth-order valence-corrected chi connectivity index (χ4v) is 3.65. The topological polar surface area (TPSA) is 24.5 Å². The highest BCUT2D eigenvalue weighted by Crippen LogP contribution is 2.32. The number of nitrogens with one attached hydrogen (secondary N) is 1. The van der Waals surface area contributed by atoms with Crippen molar-refractivity contribution in [2.75, 3.05) is 33.4 Å². The first-order chi connectivity index (χ1) is 9.11. The minimum absolute atomic E-state index is 0.333. The van der Waals surface area contributed by atoms with E-state index in [2.05, 4.69) is 31.1 Å². The molecule has 112 valence electrons. The Labute approximate surface area is 119 Å². The molecule has 1 aliphatic heterocycles. The fraction of sp³-hybridized carbons (Fsp3) is 1.00. The Balaban J connectivity index is 1.91. The van der Waals surface area contributed by atoms with Crippen LogP contribution in [-0.2, 0) is 4.74 Å². The van der Waals surface area contributed by atoms with Gasteiger partial charge in [-0.1, -0.05) is 26.7 Å². The van der Waals surface area contributed by atoms with Gasteiger partial charge in [0.05, 0.1) is 6.61 Å². The second kappa shape index (κ2) is 7.05. The highest BCUT2D eigenvalue weighted by molar-refractivity contribution is 4.89. The summed E-state index contributed by atoms with van der Waals surface area (Å²) in [4.78, 5) is 2.61. The lowest BCUT2D eigenvalue weighted by Crippen LogP contribution is -2.50. The van der Waals surface area contributed by atoms with Crippen LogP contribution in [0.2, 0.25) is 0 Å². The molecule has 0 radical (unpaired) electrons. The molecule has 1 unspecified atom stereocenters. The van der Waals surface area contributed by atoms with Crippen molar-refractivity contribution in [2.24, 2.45) is 5.41 Å². The van der Waals surface area contributed by atoms with E-state index in [1.165, 1.54) is 45.1 Å². The monoisotopic (exact) mass is 268 g/mol. The smallest absolute Gasteiger partial charge is 0.0546 e. The normalized spacial score (nSPS) is 29.5.